The number of nitrogens with one attached hydrogen (secondary N) is 1. The molecular weight excluding hydrogens is 336 g/mol. The first-order chi connectivity index (χ1) is 11.8. The molecular formula is C18H22N4O2S. The molecule has 4 rings (SSSR count). The number of fused-ring (bicyclic) bond motifs is 1. The Labute approximate surface area is 151 Å². The Hall–Kier alpha value is -2.15. The molecule has 2 heterocycles. The van der Waals surface area contributed by atoms with E-state index in [4.69, 9.17) is 4.74 Å². The Kier molecular flexibility index (Phi) is 3.72. The molecule has 7 heteroatoms. The van der Waals surface area contributed by atoms with Crippen LogP contribution in [0.15, 0.2) is 24.3 Å². The maximum atomic E-state index is 12.8. The number of aromatic nitrogens is 2. The van der Waals surface area contributed by atoms with Gasteiger partial charge in [0.15, 0.2) is 5.82 Å². The molecule has 1 aliphatic carbocycles. The van der Waals surface area contributed by atoms with Crippen molar-refractivity contribution >= 4 is 22.7 Å². The molecule has 2 aromatic rings. The number of para-hydroxylation sites is 1. The van der Waals surface area contributed by atoms with Crippen molar-refractivity contribution in [2.24, 2.45) is 0 Å². The summed E-state index contributed by atoms with van der Waals surface area (Å²) in [4.78, 5) is 19.1. The van der Waals surface area contributed by atoms with E-state index < -0.39 is 5.60 Å². The first kappa shape index (κ1) is 16.3. The van der Waals surface area contributed by atoms with Crippen molar-refractivity contribution in [2.75, 3.05) is 11.9 Å². The van der Waals surface area contributed by atoms with E-state index in [1.165, 1.54) is 11.5 Å². The van der Waals surface area contributed by atoms with Gasteiger partial charge in [-0.1, -0.05) is 25.1 Å². The molecule has 1 aromatic carbocycles. The Morgan fingerprint density at radius 1 is 1.28 bits per heavy atom. The summed E-state index contributed by atoms with van der Waals surface area (Å²) in [7, 11) is 0. The number of carbonyl (C=O) groups is 1. The molecule has 132 valence electrons. The fourth-order valence-electron chi connectivity index (χ4n) is 3.03. The summed E-state index contributed by atoms with van der Waals surface area (Å²) in [5.74, 6) is 1.68. The standard InChI is InChI=1S/C18H22N4O2S/c1-17(2)11-22(10-12-6-4-5-7-13(12)24-17)16(23)20-15-19-14(21-25-15)18(3)8-9-18/h4-7H,8-11H2,1-3H3,(H,19,20,21,23). The van der Waals surface area contributed by atoms with E-state index in [9.17, 15) is 4.79 Å². The second-order valence-corrected chi connectivity index (χ2v) is 8.49. The topological polar surface area (TPSA) is 67.4 Å². The van der Waals surface area contributed by atoms with E-state index in [0.29, 0.717) is 18.2 Å². The molecule has 6 nitrogen and oxygen atoms in total. The third-order valence-corrected chi connectivity index (χ3v) is 5.39. The van der Waals surface area contributed by atoms with Crippen molar-refractivity contribution in [2.45, 2.75) is 51.2 Å². The average Bonchev–Trinajstić information content (AvgIpc) is 3.15. The van der Waals surface area contributed by atoms with Crippen LogP contribution in [0.3, 0.4) is 0 Å². The van der Waals surface area contributed by atoms with Gasteiger partial charge in [0, 0.05) is 22.5 Å². The summed E-state index contributed by atoms with van der Waals surface area (Å²) in [6, 6.07) is 7.69. The molecule has 0 bridgehead atoms. The Balaban J connectivity index is 1.52. The highest BCUT2D eigenvalue weighted by Crippen LogP contribution is 2.46. The SMILES string of the molecule is CC1(C)CN(C(=O)Nc2nc(C3(C)CC3)ns2)Cc2ccccc2O1. The zero-order chi connectivity index (χ0) is 17.7. The number of urea groups is 1. The maximum absolute atomic E-state index is 12.8. The van der Waals surface area contributed by atoms with Crippen LogP contribution in [-0.4, -0.2) is 32.4 Å². The van der Waals surface area contributed by atoms with Crippen LogP contribution in [0.2, 0.25) is 0 Å². The van der Waals surface area contributed by atoms with Crippen molar-refractivity contribution in [1.82, 2.24) is 14.3 Å². The molecule has 1 aliphatic heterocycles. The molecule has 0 spiro atoms. The highest BCUT2D eigenvalue weighted by molar-refractivity contribution is 7.09. The van der Waals surface area contributed by atoms with Crippen LogP contribution < -0.4 is 10.1 Å². The summed E-state index contributed by atoms with van der Waals surface area (Å²) in [6.45, 7) is 7.15. The summed E-state index contributed by atoms with van der Waals surface area (Å²) >= 11 is 1.25. The zero-order valence-electron chi connectivity index (χ0n) is 14.7. The Morgan fingerprint density at radius 3 is 2.80 bits per heavy atom. The molecule has 0 radical (unpaired) electrons. The van der Waals surface area contributed by atoms with Gasteiger partial charge in [0.25, 0.3) is 0 Å². The van der Waals surface area contributed by atoms with Crippen LogP contribution in [0.5, 0.6) is 5.75 Å². The molecule has 0 saturated heterocycles. The van der Waals surface area contributed by atoms with Gasteiger partial charge in [0.05, 0.1) is 13.1 Å². The summed E-state index contributed by atoms with van der Waals surface area (Å²) in [6.07, 6.45) is 2.23. The minimum atomic E-state index is -0.461. The molecule has 1 saturated carbocycles. The number of hydrogen-bond acceptors (Lipinski definition) is 5. The first-order valence-electron chi connectivity index (χ1n) is 8.52. The number of anilines is 1. The largest absolute Gasteiger partial charge is 0.486 e. The molecule has 2 aliphatic rings. The van der Waals surface area contributed by atoms with Gasteiger partial charge in [0.2, 0.25) is 5.13 Å². The normalized spacial score (nSPS) is 20.2. The number of nitrogens with zero attached hydrogens (tertiary/aromatic N) is 3. The number of hydrogen-bond donors (Lipinski definition) is 1. The van der Waals surface area contributed by atoms with Crippen LogP contribution in [0.25, 0.3) is 0 Å². The van der Waals surface area contributed by atoms with E-state index in [0.717, 1.165) is 30.0 Å². The van der Waals surface area contributed by atoms with E-state index in [1.54, 1.807) is 4.90 Å². The molecule has 25 heavy (non-hydrogen) atoms. The predicted octanol–water partition coefficient (Wildman–Crippen LogP) is 3.79. The van der Waals surface area contributed by atoms with Gasteiger partial charge in [0.1, 0.15) is 11.4 Å². The summed E-state index contributed by atoms with van der Waals surface area (Å²) < 4.78 is 10.5. The average molecular weight is 358 g/mol. The number of benzene rings is 1. The maximum Gasteiger partial charge on any atom is 0.324 e. The fourth-order valence-corrected chi connectivity index (χ4v) is 3.72. The molecule has 2 amide bonds. The molecule has 1 N–H and O–H groups in total. The quantitative estimate of drug-likeness (QED) is 0.887. The van der Waals surface area contributed by atoms with Gasteiger partial charge in [-0.05, 0) is 32.8 Å². The first-order valence-corrected chi connectivity index (χ1v) is 9.29. The Morgan fingerprint density at radius 2 is 2.04 bits per heavy atom. The van der Waals surface area contributed by atoms with Gasteiger partial charge in [-0.2, -0.15) is 4.37 Å². The monoisotopic (exact) mass is 358 g/mol. The number of carbonyl (C=O) groups excluding carboxylic acids is 1. The second kappa shape index (κ2) is 5.69. The van der Waals surface area contributed by atoms with E-state index in [2.05, 4.69) is 21.6 Å². The van der Waals surface area contributed by atoms with Crippen molar-refractivity contribution in [1.29, 1.82) is 0 Å². The van der Waals surface area contributed by atoms with Gasteiger partial charge >= 0.3 is 6.03 Å². The summed E-state index contributed by atoms with van der Waals surface area (Å²) in [5.41, 5.74) is 0.654. The van der Waals surface area contributed by atoms with Crippen molar-refractivity contribution in [3.05, 3.63) is 35.7 Å². The van der Waals surface area contributed by atoms with Crippen molar-refractivity contribution < 1.29 is 9.53 Å². The van der Waals surface area contributed by atoms with E-state index in [1.807, 2.05) is 38.1 Å². The minimum Gasteiger partial charge on any atom is -0.486 e. The van der Waals surface area contributed by atoms with E-state index >= 15 is 0 Å². The number of rotatable bonds is 2. The van der Waals surface area contributed by atoms with Crippen LogP contribution in [0.4, 0.5) is 9.93 Å². The molecule has 0 unspecified atom stereocenters. The number of amides is 2. The Bertz CT molecular complexity index is 813. The lowest BCUT2D eigenvalue weighted by molar-refractivity contribution is 0.0835. The predicted molar refractivity (Wildman–Crippen MR) is 97.1 cm³/mol. The molecule has 1 aromatic heterocycles. The van der Waals surface area contributed by atoms with Crippen LogP contribution in [-0.2, 0) is 12.0 Å². The van der Waals surface area contributed by atoms with Gasteiger partial charge < -0.3 is 9.64 Å². The third kappa shape index (κ3) is 3.33. The van der Waals surface area contributed by atoms with Crippen molar-refractivity contribution in [3.63, 3.8) is 0 Å². The minimum absolute atomic E-state index is 0.108. The zero-order valence-corrected chi connectivity index (χ0v) is 15.5. The van der Waals surface area contributed by atoms with Gasteiger partial charge in [-0.3, -0.25) is 5.32 Å². The second-order valence-electron chi connectivity index (χ2n) is 7.74. The smallest absolute Gasteiger partial charge is 0.324 e. The van der Waals surface area contributed by atoms with Crippen LogP contribution in [0.1, 0.15) is 45.0 Å². The molecule has 1 fully saturated rings. The third-order valence-electron chi connectivity index (χ3n) is 4.76. The highest BCUT2D eigenvalue weighted by atomic mass is 32.1. The van der Waals surface area contributed by atoms with Crippen LogP contribution in [0, 0.1) is 0 Å². The van der Waals surface area contributed by atoms with Crippen molar-refractivity contribution in [3.8, 4) is 5.75 Å². The van der Waals surface area contributed by atoms with Gasteiger partial charge in [-0.25, -0.2) is 9.78 Å². The number of ether oxygens (including phenoxy) is 1. The fraction of sp³-hybridized carbons (Fsp3) is 0.500. The van der Waals surface area contributed by atoms with Gasteiger partial charge in [-0.15, -0.1) is 0 Å². The van der Waals surface area contributed by atoms with Crippen LogP contribution >= 0.6 is 11.5 Å². The van der Waals surface area contributed by atoms with E-state index in [-0.39, 0.29) is 11.4 Å². The molecule has 0 atom stereocenters. The highest BCUT2D eigenvalue weighted by Gasteiger charge is 2.43. The lowest BCUT2D eigenvalue weighted by Gasteiger charge is -2.29. The lowest BCUT2D eigenvalue weighted by atomic mass is 10.1. The summed E-state index contributed by atoms with van der Waals surface area (Å²) in [5, 5.41) is 3.46. The lowest BCUT2D eigenvalue weighted by Crippen LogP contribution is -2.44.